The molecule has 2 saturated carbocycles. The van der Waals surface area contributed by atoms with Crippen LogP contribution in [0.15, 0.2) is 34.8 Å². The van der Waals surface area contributed by atoms with Crippen LogP contribution in [-0.2, 0) is 29.1 Å². The molecular weight excluding hydrogens is 810 g/mol. The summed E-state index contributed by atoms with van der Waals surface area (Å²) >= 11 is 3.59. The van der Waals surface area contributed by atoms with Crippen LogP contribution in [0.1, 0.15) is 92.4 Å². The number of pyridine rings is 1. The molecule has 4 aliphatic rings. The van der Waals surface area contributed by atoms with Gasteiger partial charge in [-0.05, 0) is 101 Å². The van der Waals surface area contributed by atoms with Crippen LogP contribution in [0, 0.1) is 5.92 Å². The molecule has 3 N–H and O–H groups in total. The average molecular weight is 863 g/mol. The summed E-state index contributed by atoms with van der Waals surface area (Å²) in [6, 6.07) is 3.06. The molecule has 2 aromatic rings. The first-order valence-electron chi connectivity index (χ1n) is 19.3. The molecule has 0 radical (unpaired) electrons. The summed E-state index contributed by atoms with van der Waals surface area (Å²) in [7, 11) is -2.36. The third kappa shape index (κ3) is 9.52. The molecule has 1 aromatic heterocycles. The van der Waals surface area contributed by atoms with E-state index in [1.165, 1.54) is 4.90 Å². The van der Waals surface area contributed by atoms with E-state index >= 15 is 0 Å². The van der Waals surface area contributed by atoms with Gasteiger partial charge >= 0.3 is 6.09 Å². The van der Waals surface area contributed by atoms with Gasteiger partial charge in [-0.25, -0.2) is 18.2 Å². The molecule has 2 aliphatic carbocycles. The fourth-order valence-corrected chi connectivity index (χ4v) is 9.18. The molecule has 2 aliphatic heterocycles. The van der Waals surface area contributed by atoms with Crippen LogP contribution in [0.3, 0.4) is 0 Å². The molecule has 0 spiro atoms. The minimum absolute atomic E-state index is 0.0246. The Morgan fingerprint density at radius 2 is 1.84 bits per heavy atom. The van der Waals surface area contributed by atoms with Crippen LogP contribution >= 0.6 is 15.9 Å². The molecule has 0 unspecified atom stereocenters. The van der Waals surface area contributed by atoms with E-state index < -0.39 is 74.3 Å². The van der Waals surface area contributed by atoms with Gasteiger partial charge < -0.3 is 34.5 Å². The number of halogens is 1. The summed E-state index contributed by atoms with van der Waals surface area (Å²) in [5.74, 6) is -1.15. The number of aromatic nitrogens is 1. The molecule has 15 nitrogen and oxygen atoms in total. The second kappa shape index (κ2) is 16.4. The summed E-state index contributed by atoms with van der Waals surface area (Å²) in [6.45, 7) is 8.88. The Morgan fingerprint density at radius 3 is 2.52 bits per heavy atom. The van der Waals surface area contributed by atoms with E-state index in [1.807, 2.05) is 26.0 Å². The van der Waals surface area contributed by atoms with Gasteiger partial charge in [0.1, 0.15) is 40.8 Å². The predicted molar refractivity (Wildman–Crippen MR) is 211 cm³/mol. The van der Waals surface area contributed by atoms with Crippen molar-refractivity contribution in [1.29, 1.82) is 0 Å². The number of benzene rings is 1. The summed E-state index contributed by atoms with van der Waals surface area (Å²) in [5, 5.41) is 5.62. The Labute approximate surface area is 336 Å². The van der Waals surface area contributed by atoms with Crippen LogP contribution in [0.2, 0.25) is 0 Å². The zero-order valence-corrected chi connectivity index (χ0v) is 35.1. The largest absolute Gasteiger partial charge is 0.495 e. The molecule has 6 rings (SSSR count). The lowest BCUT2D eigenvalue weighted by Gasteiger charge is -2.30. The number of nitrogens with zero attached hydrogens (tertiary/aromatic N) is 2. The van der Waals surface area contributed by atoms with Gasteiger partial charge in [0, 0.05) is 23.8 Å². The SMILES string of the molecule is COc1ccc2c(O[C@@H]3C[C@H]4C(=O)N[C@]5(C(=O)NS(=O)(=O)C6CC6)C[C@H]5/C=C\CCCCC[C@H](NC(=O)OC(C)(C)C)C(=O)N4C3)cc(OC(C)C)nc2c1Br. The normalized spacial score (nSPS) is 26.5. The first kappa shape index (κ1) is 41.5. The number of alkyl carbamates (subject to hydrolysis) is 1. The Bertz CT molecular complexity index is 2000. The van der Waals surface area contributed by atoms with Gasteiger partial charge in [0.2, 0.25) is 27.7 Å². The molecule has 306 valence electrons. The van der Waals surface area contributed by atoms with Crippen molar-refractivity contribution in [3.05, 3.63) is 34.8 Å². The van der Waals surface area contributed by atoms with Gasteiger partial charge in [-0.2, -0.15) is 0 Å². The van der Waals surface area contributed by atoms with Crippen LogP contribution in [0.25, 0.3) is 10.9 Å². The standard InChI is InChI=1S/C39H52BrN5O10S/c1-22(2)53-31-19-30(26-16-17-29(52-6)32(40)33(26)42-31)54-24-18-28-34(46)43-39(36(48)44-56(50,51)25-14-15-25)20-23(39)12-10-8-7-9-11-13-27(35(47)45(28)21-24)41-37(49)55-38(3,4)5/h10,12,16-17,19,22-25,27-28H,7-9,11,13-15,18,20-21H2,1-6H3,(H,41,49)(H,43,46)(H,44,48)/b12-10-/t23-,24-,27+,28+,39-/m1/s1. The maximum absolute atomic E-state index is 14.6. The van der Waals surface area contributed by atoms with Crippen molar-refractivity contribution < 1.29 is 46.5 Å². The monoisotopic (exact) mass is 861 g/mol. The fourth-order valence-electron chi connectivity index (χ4n) is 7.22. The summed E-state index contributed by atoms with van der Waals surface area (Å²) < 4.78 is 52.2. The number of rotatable bonds is 9. The number of methoxy groups -OCH3 is 1. The number of ether oxygens (including phenoxy) is 4. The molecular formula is C39H52BrN5O10S. The number of amides is 4. The Kier molecular flexibility index (Phi) is 12.2. The van der Waals surface area contributed by atoms with Crippen LogP contribution in [-0.4, -0.2) is 96.5 Å². The van der Waals surface area contributed by atoms with Crippen molar-refractivity contribution in [3.63, 3.8) is 0 Å². The maximum atomic E-state index is 14.6. The van der Waals surface area contributed by atoms with Crippen molar-refractivity contribution in [2.45, 2.75) is 133 Å². The molecule has 4 amide bonds. The predicted octanol–water partition coefficient (Wildman–Crippen LogP) is 5.04. The number of sulfonamides is 1. The maximum Gasteiger partial charge on any atom is 0.408 e. The zero-order chi connectivity index (χ0) is 40.6. The molecule has 5 atom stereocenters. The number of carbonyl (C=O) groups is 4. The number of carbonyl (C=O) groups excluding carboxylic acids is 4. The second-order valence-corrected chi connectivity index (χ2v) is 19.1. The quantitative estimate of drug-likeness (QED) is 0.287. The van der Waals surface area contributed by atoms with Gasteiger partial charge in [-0.15, -0.1) is 0 Å². The van der Waals surface area contributed by atoms with Gasteiger partial charge in [0.05, 0.1) is 35.0 Å². The fraction of sp³-hybridized carbons (Fsp3) is 0.615. The van der Waals surface area contributed by atoms with Crippen molar-refractivity contribution in [1.82, 2.24) is 25.2 Å². The Morgan fingerprint density at radius 1 is 1.09 bits per heavy atom. The third-order valence-electron chi connectivity index (χ3n) is 10.2. The topological polar surface area (TPSA) is 192 Å². The molecule has 3 fully saturated rings. The van der Waals surface area contributed by atoms with Crippen molar-refractivity contribution >= 4 is 60.7 Å². The number of hydrogen-bond acceptors (Lipinski definition) is 11. The summed E-state index contributed by atoms with van der Waals surface area (Å²) in [5.41, 5.74) is -1.82. The highest BCUT2D eigenvalue weighted by Gasteiger charge is 2.62. The van der Waals surface area contributed by atoms with Gasteiger partial charge in [0.15, 0.2) is 0 Å². The molecule has 1 saturated heterocycles. The molecule has 17 heteroatoms. The minimum atomic E-state index is -3.91. The smallest absolute Gasteiger partial charge is 0.408 e. The molecule has 3 heterocycles. The van der Waals surface area contributed by atoms with Crippen LogP contribution in [0.5, 0.6) is 17.4 Å². The number of nitrogens with one attached hydrogen (secondary N) is 3. The molecule has 56 heavy (non-hydrogen) atoms. The van der Waals surface area contributed by atoms with Gasteiger partial charge in [-0.1, -0.05) is 25.0 Å². The van der Waals surface area contributed by atoms with Gasteiger partial charge in [0.25, 0.3) is 5.91 Å². The van der Waals surface area contributed by atoms with Crippen molar-refractivity contribution in [2.24, 2.45) is 5.92 Å². The number of hydrogen-bond donors (Lipinski definition) is 3. The van der Waals surface area contributed by atoms with Crippen LogP contribution < -0.4 is 29.6 Å². The van der Waals surface area contributed by atoms with E-state index in [0.29, 0.717) is 64.9 Å². The zero-order valence-electron chi connectivity index (χ0n) is 32.7. The van der Waals surface area contributed by atoms with Crippen molar-refractivity contribution in [2.75, 3.05) is 13.7 Å². The molecule has 0 bridgehead atoms. The minimum Gasteiger partial charge on any atom is -0.495 e. The third-order valence-corrected chi connectivity index (χ3v) is 12.8. The average Bonchev–Trinajstić information content (AvgIpc) is 4.03. The first-order chi connectivity index (χ1) is 26.4. The van der Waals surface area contributed by atoms with E-state index in [1.54, 1.807) is 46.1 Å². The highest BCUT2D eigenvalue weighted by molar-refractivity contribution is 9.10. The van der Waals surface area contributed by atoms with Crippen molar-refractivity contribution in [3.8, 4) is 17.4 Å². The van der Waals surface area contributed by atoms with Crippen LogP contribution in [0.4, 0.5) is 4.79 Å². The van der Waals surface area contributed by atoms with E-state index in [2.05, 4.69) is 36.3 Å². The lowest BCUT2D eigenvalue weighted by atomic mass is 10.0. The molecule has 1 aromatic carbocycles. The second-order valence-electron chi connectivity index (χ2n) is 16.3. The summed E-state index contributed by atoms with van der Waals surface area (Å²) in [4.78, 5) is 62.0. The van der Waals surface area contributed by atoms with E-state index in [9.17, 15) is 27.6 Å². The lowest BCUT2D eigenvalue weighted by Crippen LogP contribution is -2.58. The van der Waals surface area contributed by atoms with E-state index in [0.717, 1.165) is 12.8 Å². The highest BCUT2D eigenvalue weighted by Crippen LogP contribution is 2.46. The summed E-state index contributed by atoms with van der Waals surface area (Å²) in [6.07, 6.45) is 6.39. The number of fused-ring (bicyclic) bond motifs is 3. The van der Waals surface area contributed by atoms with E-state index in [4.69, 9.17) is 18.9 Å². The Balaban J connectivity index is 1.35. The highest BCUT2D eigenvalue weighted by atomic mass is 79.9. The lowest BCUT2D eigenvalue weighted by molar-refractivity contribution is -0.141. The number of allylic oxidation sites excluding steroid dienone is 1. The Hall–Kier alpha value is -4.12. The first-order valence-corrected chi connectivity index (χ1v) is 21.6. The van der Waals surface area contributed by atoms with E-state index in [-0.39, 0.29) is 25.5 Å². The van der Waals surface area contributed by atoms with Gasteiger partial charge in [-0.3, -0.25) is 19.1 Å².